The molecular formula is C11H9BrO2. The van der Waals surface area contributed by atoms with Crippen molar-refractivity contribution < 1.29 is 9.59 Å². The molecule has 0 aliphatic heterocycles. The quantitative estimate of drug-likeness (QED) is 0.758. The lowest BCUT2D eigenvalue weighted by molar-refractivity contribution is -0.108. The molecule has 0 amide bonds. The molecule has 1 aromatic rings. The number of ketones is 1. The van der Waals surface area contributed by atoms with Gasteiger partial charge in [0, 0.05) is 22.4 Å². The molecule has 0 radical (unpaired) electrons. The lowest BCUT2D eigenvalue weighted by atomic mass is 10.0. The molecule has 0 N–H and O–H groups in total. The summed E-state index contributed by atoms with van der Waals surface area (Å²) in [5.74, 6) is -0.0230. The van der Waals surface area contributed by atoms with Gasteiger partial charge in [0.15, 0.2) is 5.78 Å². The molecule has 1 atom stereocenters. The molecule has 0 unspecified atom stereocenters. The van der Waals surface area contributed by atoms with E-state index in [9.17, 15) is 9.59 Å². The number of fused-ring (bicyclic) bond motifs is 1. The van der Waals surface area contributed by atoms with Crippen LogP contribution in [0.25, 0.3) is 0 Å². The minimum atomic E-state index is -0.128. The van der Waals surface area contributed by atoms with Gasteiger partial charge in [-0.05, 0) is 24.1 Å². The molecule has 2 nitrogen and oxygen atoms in total. The van der Waals surface area contributed by atoms with Crippen molar-refractivity contribution in [3.63, 3.8) is 0 Å². The highest BCUT2D eigenvalue weighted by Crippen LogP contribution is 2.30. The summed E-state index contributed by atoms with van der Waals surface area (Å²) in [4.78, 5) is 22.1. The number of halogens is 1. The second kappa shape index (κ2) is 3.65. The Balaban J connectivity index is 2.36. The van der Waals surface area contributed by atoms with E-state index in [1.165, 1.54) is 0 Å². The van der Waals surface area contributed by atoms with Gasteiger partial charge in [-0.1, -0.05) is 22.0 Å². The van der Waals surface area contributed by atoms with Crippen molar-refractivity contribution in [3.8, 4) is 0 Å². The summed E-state index contributed by atoms with van der Waals surface area (Å²) in [6, 6.07) is 5.71. The van der Waals surface area contributed by atoms with Crippen LogP contribution in [-0.2, 0) is 11.2 Å². The summed E-state index contributed by atoms with van der Waals surface area (Å²) >= 11 is 3.33. The zero-order valence-corrected chi connectivity index (χ0v) is 9.08. The maximum atomic E-state index is 11.8. The predicted octanol–water partition coefficient (Wildman–Crippen LogP) is 2.39. The molecule has 0 saturated heterocycles. The molecule has 0 saturated carbocycles. The summed E-state index contributed by atoms with van der Waals surface area (Å²) in [5, 5.41) is 0. The highest BCUT2D eigenvalue weighted by Gasteiger charge is 2.29. The van der Waals surface area contributed by atoms with Crippen molar-refractivity contribution >= 4 is 28.0 Å². The van der Waals surface area contributed by atoms with Gasteiger partial charge in [0.1, 0.15) is 6.29 Å². The summed E-state index contributed by atoms with van der Waals surface area (Å²) in [6.07, 6.45) is 1.87. The van der Waals surface area contributed by atoms with E-state index in [-0.39, 0.29) is 11.7 Å². The highest BCUT2D eigenvalue weighted by atomic mass is 79.9. The number of hydrogen-bond acceptors (Lipinski definition) is 2. The van der Waals surface area contributed by atoms with Crippen LogP contribution in [0.2, 0.25) is 0 Å². The van der Waals surface area contributed by atoms with E-state index in [1.54, 1.807) is 0 Å². The number of rotatable bonds is 2. The molecular weight excluding hydrogens is 244 g/mol. The Labute approximate surface area is 90.4 Å². The van der Waals surface area contributed by atoms with Crippen LogP contribution in [0.5, 0.6) is 0 Å². The van der Waals surface area contributed by atoms with Crippen LogP contribution in [0.4, 0.5) is 0 Å². The maximum absolute atomic E-state index is 11.8. The molecule has 72 valence electrons. The number of carbonyl (C=O) groups is 2. The Morgan fingerprint density at radius 2 is 2.29 bits per heavy atom. The van der Waals surface area contributed by atoms with Crippen molar-refractivity contribution in [3.05, 3.63) is 33.8 Å². The Kier molecular flexibility index (Phi) is 2.50. The average Bonchev–Trinajstić information content (AvgIpc) is 2.46. The molecule has 1 aliphatic carbocycles. The van der Waals surface area contributed by atoms with E-state index >= 15 is 0 Å². The van der Waals surface area contributed by atoms with Crippen molar-refractivity contribution in [1.29, 1.82) is 0 Å². The van der Waals surface area contributed by atoms with Crippen LogP contribution in [0.1, 0.15) is 22.3 Å². The number of aldehydes is 1. The molecule has 2 rings (SSSR count). The summed E-state index contributed by atoms with van der Waals surface area (Å²) < 4.78 is 0.913. The molecule has 1 aromatic carbocycles. The van der Waals surface area contributed by atoms with Gasteiger partial charge >= 0.3 is 0 Å². The lowest BCUT2D eigenvalue weighted by Crippen LogP contribution is -2.08. The van der Waals surface area contributed by atoms with E-state index in [4.69, 9.17) is 0 Å². The van der Waals surface area contributed by atoms with Gasteiger partial charge in [0.05, 0.1) is 0 Å². The summed E-state index contributed by atoms with van der Waals surface area (Å²) in [6.45, 7) is 0. The van der Waals surface area contributed by atoms with Crippen LogP contribution < -0.4 is 0 Å². The van der Waals surface area contributed by atoms with Crippen LogP contribution >= 0.6 is 15.9 Å². The van der Waals surface area contributed by atoms with E-state index < -0.39 is 0 Å². The average molecular weight is 253 g/mol. The highest BCUT2D eigenvalue weighted by molar-refractivity contribution is 9.10. The molecule has 0 bridgehead atoms. The number of hydrogen-bond donors (Lipinski definition) is 0. The Bertz CT molecular complexity index is 398. The van der Waals surface area contributed by atoms with Gasteiger partial charge in [-0.3, -0.25) is 4.79 Å². The fourth-order valence-corrected chi connectivity index (χ4v) is 2.20. The largest absolute Gasteiger partial charge is 0.303 e. The number of benzene rings is 1. The third-order valence-corrected chi connectivity index (χ3v) is 3.05. The van der Waals surface area contributed by atoms with E-state index in [2.05, 4.69) is 15.9 Å². The molecule has 0 aromatic heterocycles. The van der Waals surface area contributed by atoms with Gasteiger partial charge in [0.25, 0.3) is 0 Å². The van der Waals surface area contributed by atoms with Crippen molar-refractivity contribution in [2.75, 3.05) is 0 Å². The first kappa shape index (κ1) is 9.59. The van der Waals surface area contributed by atoms with Crippen molar-refractivity contribution in [2.45, 2.75) is 12.8 Å². The van der Waals surface area contributed by atoms with Crippen LogP contribution in [0.15, 0.2) is 22.7 Å². The fraction of sp³-hybridized carbons (Fsp3) is 0.273. The van der Waals surface area contributed by atoms with E-state index in [0.717, 1.165) is 21.9 Å². The molecule has 0 spiro atoms. The molecule has 1 aliphatic rings. The van der Waals surface area contributed by atoms with Crippen molar-refractivity contribution in [1.82, 2.24) is 0 Å². The zero-order valence-electron chi connectivity index (χ0n) is 7.50. The van der Waals surface area contributed by atoms with Gasteiger partial charge < -0.3 is 4.79 Å². The third kappa shape index (κ3) is 1.52. The standard InChI is InChI=1S/C11H9BrO2/c12-9-2-1-7-5-8(3-4-13)11(14)10(7)6-9/h1-2,4,6,8H,3,5H2/t8-/m1/s1. The second-order valence-electron chi connectivity index (χ2n) is 3.47. The SMILES string of the molecule is O=CC[C@@H]1Cc2ccc(Br)cc2C1=O. The summed E-state index contributed by atoms with van der Waals surface area (Å²) in [7, 11) is 0. The lowest BCUT2D eigenvalue weighted by Gasteiger charge is -1.99. The molecule has 0 heterocycles. The minimum absolute atomic E-state index is 0.105. The third-order valence-electron chi connectivity index (χ3n) is 2.56. The Morgan fingerprint density at radius 1 is 1.50 bits per heavy atom. The molecule has 3 heteroatoms. The predicted molar refractivity (Wildman–Crippen MR) is 56.3 cm³/mol. The van der Waals surface area contributed by atoms with Crippen molar-refractivity contribution in [2.24, 2.45) is 5.92 Å². The van der Waals surface area contributed by atoms with E-state index in [0.29, 0.717) is 12.8 Å². The van der Waals surface area contributed by atoms with E-state index in [1.807, 2.05) is 18.2 Å². The molecule has 14 heavy (non-hydrogen) atoms. The zero-order chi connectivity index (χ0) is 10.1. The monoisotopic (exact) mass is 252 g/mol. The first-order valence-electron chi connectivity index (χ1n) is 4.48. The first-order chi connectivity index (χ1) is 6.72. The van der Waals surface area contributed by atoms with Gasteiger partial charge in [-0.15, -0.1) is 0 Å². The smallest absolute Gasteiger partial charge is 0.167 e. The second-order valence-corrected chi connectivity index (χ2v) is 4.38. The van der Waals surface area contributed by atoms with Gasteiger partial charge in [0.2, 0.25) is 0 Å². The molecule has 0 fully saturated rings. The Morgan fingerprint density at radius 3 is 3.00 bits per heavy atom. The van der Waals surface area contributed by atoms with Crippen LogP contribution in [0, 0.1) is 5.92 Å². The van der Waals surface area contributed by atoms with Crippen LogP contribution in [0.3, 0.4) is 0 Å². The minimum Gasteiger partial charge on any atom is -0.303 e. The van der Waals surface area contributed by atoms with Gasteiger partial charge in [-0.2, -0.15) is 0 Å². The Hall–Kier alpha value is -0.960. The maximum Gasteiger partial charge on any atom is 0.167 e. The topological polar surface area (TPSA) is 34.1 Å². The summed E-state index contributed by atoms with van der Waals surface area (Å²) in [5.41, 5.74) is 1.83. The van der Waals surface area contributed by atoms with Crippen LogP contribution in [-0.4, -0.2) is 12.1 Å². The number of Topliss-reactive ketones (excluding diaryl/α,β-unsaturated/α-hetero) is 1. The first-order valence-corrected chi connectivity index (χ1v) is 5.28. The number of carbonyl (C=O) groups excluding carboxylic acids is 2. The van der Waals surface area contributed by atoms with Gasteiger partial charge in [-0.25, -0.2) is 0 Å². The normalized spacial score (nSPS) is 19.5. The fourth-order valence-electron chi connectivity index (χ4n) is 1.84.